The lowest BCUT2D eigenvalue weighted by Gasteiger charge is -2.19. The molecule has 0 unspecified atom stereocenters. The van der Waals surface area contributed by atoms with Gasteiger partial charge in [-0.25, -0.2) is 4.79 Å². The molecule has 0 saturated heterocycles. The number of ether oxygens (including phenoxy) is 1. The maximum Gasteiger partial charge on any atom is 0.408 e. The van der Waals surface area contributed by atoms with E-state index in [1.54, 1.807) is 26.8 Å². The van der Waals surface area contributed by atoms with Crippen molar-refractivity contribution >= 4 is 50.9 Å². The van der Waals surface area contributed by atoms with Gasteiger partial charge in [0.05, 0.1) is 9.47 Å². The maximum absolute atomic E-state index is 11.7. The second-order valence-corrected chi connectivity index (χ2v) is 7.49. The van der Waals surface area contributed by atoms with Crippen LogP contribution in [0.25, 0.3) is 0 Å². The number of hydrogen-bond donors (Lipinski definition) is 3. The van der Waals surface area contributed by atoms with Crippen molar-refractivity contribution in [2.75, 3.05) is 11.9 Å². The molecule has 4 N–H and O–H groups in total. The Kier molecular flexibility index (Phi) is 5.73. The van der Waals surface area contributed by atoms with Crippen LogP contribution in [0, 0.1) is 0 Å². The normalized spacial score (nSPS) is 10.9. The highest BCUT2D eigenvalue weighted by molar-refractivity contribution is 9.11. The quantitative estimate of drug-likeness (QED) is 0.745. The van der Waals surface area contributed by atoms with E-state index >= 15 is 0 Å². The SMILES string of the molecule is CC(C)(C)OC(=O)NCC(=O)Nc1cc(Br)sc1C(N)=O. The van der Waals surface area contributed by atoms with Crippen LogP contribution < -0.4 is 16.4 Å². The lowest BCUT2D eigenvalue weighted by atomic mass is 10.2. The van der Waals surface area contributed by atoms with E-state index < -0.39 is 23.5 Å². The molecule has 0 saturated carbocycles. The highest BCUT2D eigenvalue weighted by Crippen LogP contribution is 2.30. The highest BCUT2D eigenvalue weighted by Gasteiger charge is 2.18. The summed E-state index contributed by atoms with van der Waals surface area (Å²) in [4.78, 5) is 34.6. The number of carbonyl (C=O) groups excluding carboxylic acids is 3. The molecule has 1 rings (SSSR count). The molecule has 1 heterocycles. The molecule has 3 amide bonds. The van der Waals surface area contributed by atoms with Gasteiger partial charge in [-0.2, -0.15) is 0 Å². The third kappa shape index (κ3) is 6.13. The Balaban J connectivity index is 2.55. The average Bonchev–Trinajstić information content (AvgIpc) is 2.65. The number of thiophene rings is 1. The summed E-state index contributed by atoms with van der Waals surface area (Å²) in [5, 5.41) is 4.82. The van der Waals surface area contributed by atoms with Crippen molar-refractivity contribution in [3.63, 3.8) is 0 Å². The monoisotopic (exact) mass is 377 g/mol. The number of hydrogen-bond acceptors (Lipinski definition) is 5. The van der Waals surface area contributed by atoms with E-state index in [2.05, 4.69) is 26.6 Å². The number of nitrogens with two attached hydrogens (primary N) is 1. The number of alkyl carbamates (subject to hydrolysis) is 1. The Morgan fingerprint density at radius 2 is 2.00 bits per heavy atom. The Bertz CT molecular complexity index is 565. The van der Waals surface area contributed by atoms with Crippen molar-refractivity contribution in [3.8, 4) is 0 Å². The van der Waals surface area contributed by atoms with Crippen LogP contribution in [0.15, 0.2) is 9.85 Å². The summed E-state index contributed by atoms with van der Waals surface area (Å²) in [6.45, 7) is 4.87. The molecule has 0 fully saturated rings. The number of anilines is 1. The van der Waals surface area contributed by atoms with Gasteiger partial charge in [-0.05, 0) is 42.8 Å². The van der Waals surface area contributed by atoms with Gasteiger partial charge in [-0.1, -0.05) is 0 Å². The third-order valence-electron chi connectivity index (χ3n) is 1.99. The first-order chi connectivity index (χ1) is 9.58. The molecule has 116 valence electrons. The molecular weight excluding hydrogens is 362 g/mol. The van der Waals surface area contributed by atoms with Crippen molar-refractivity contribution in [2.45, 2.75) is 26.4 Å². The fourth-order valence-electron chi connectivity index (χ4n) is 1.30. The van der Waals surface area contributed by atoms with Crippen molar-refractivity contribution in [1.29, 1.82) is 0 Å². The molecule has 21 heavy (non-hydrogen) atoms. The van der Waals surface area contributed by atoms with Crippen LogP contribution in [0.4, 0.5) is 10.5 Å². The van der Waals surface area contributed by atoms with E-state index in [1.807, 2.05) is 0 Å². The number of amides is 3. The Labute approximate surface area is 134 Å². The molecule has 0 spiro atoms. The summed E-state index contributed by atoms with van der Waals surface area (Å²) in [5.74, 6) is -1.13. The Hall–Kier alpha value is -1.61. The number of nitrogens with one attached hydrogen (secondary N) is 2. The predicted molar refractivity (Wildman–Crippen MR) is 83.4 cm³/mol. The van der Waals surface area contributed by atoms with Crippen LogP contribution in [0.5, 0.6) is 0 Å². The summed E-state index contributed by atoms with van der Waals surface area (Å²) in [6.07, 6.45) is -0.695. The Morgan fingerprint density at radius 1 is 1.38 bits per heavy atom. The first kappa shape index (κ1) is 17.4. The van der Waals surface area contributed by atoms with Gasteiger partial charge in [0.25, 0.3) is 5.91 Å². The van der Waals surface area contributed by atoms with E-state index in [4.69, 9.17) is 10.5 Å². The van der Waals surface area contributed by atoms with Gasteiger partial charge >= 0.3 is 6.09 Å². The smallest absolute Gasteiger partial charge is 0.408 e. The molecule has 7 nitrogen and oxygen atoms in total. The predicted octanol–water partition coefficient (Wildman–Crippen LogP) is 2.07. The van der Waals surface area contributed by atoms with Gasteiger partial charge < -0.3 is 21.1 Å². The van der Waals surface area contributed by atoms with Gasteiger partial charge in [0.2, 0.25) is 5.91 Å². The first-order valence-corrected chi connectivity index (χ1v) is 7.55. The number of rotatable bonds is 4. The molecule has 0 aromatic carbocycles. The van der Waals surface area contributed by atoms with Crippen LogP contribution in [0.1, 0.15) is 30.4 Å². The minimum Gasteiger partial charge on any atom is -0.444 e. The molecule has 0 aliphatic carbocycles. The zero-order valence-electron chi connectivity index (χ0n) is 11.8. The Morgan fingerprint density at radius 3 is 2.52 bits per heavy atom. The maximum atomic E-state index is 11.7. The first-order valence-electron chi connectivity index (χ1n) is 5.94. The van der Waals surface area contributed by atoms with Gasteiger partial charge in [0.15, 0.2) is 0 Å². The molecule has 0 radical (unpaired) electrons. The van der Waals surface area contributed by atoms with Gasteiger partial charge in [0, 0.05) is 0 Å². The van der Waals surface area contributed by atoms with E-state index in [9.17, 15) is 14.4 Å². The van der Waals surface area contributed by atoms with Gasteiger partial charge in [-0.15, -0.1) is 11.3 Å². The molecule has 0 aliphatic heterocycles. The second kappa shape index (κ2) is 6.90. The molecule has 0 bridgehead atoms. The summed E-state index contributed by atoms with van der Waals surface area (Å²) < 4.78 is 5.65. The standard InChI is InChI=1S/C12H16BrN3O4S/c1-12(2,3)20-11(19)15-5-8(17)16-6-4-7(13)21-9(6)10(14)18/h4H,5H2,1-3H3,(H2,14,18)(H,15,19)(H,16,17). The average molecular weight is 378 g/mol. The molecule has 0 aliphatic rings. The summed E-state index contributed by atoms with van der Waals surface area (Å²) in [7, 11) is 0. The minimum atomic E-state index is -0.695. The van der Waals surface area contributed by atoms with Crippen LogP contribution in [-0.4, -0.2) is 30.1 Å². The summed E-state index contributed by atoms with van der Waals surface area (Å²) in [6, 6.07) is 1.57. The number of primary amides is 1. The summed E-state index contributed by atoms with van der Waals surface area (Å²) in [5.41, 5.74) is 4.87. The van der Waals surface area contributed by atoms with Crippen LogP contribution >= 0.6 is 27.3 Å². The fraction of sp³-hybridized carbons (Fsp3) is 0.417. The lowest BCUT2D eigenvalue weighted by Crippen LogP contribution is -2.37. The third-order valence-corrected chi connectivity index (χ3v) is 3.64. The summed E-state index contributed by atoms with van der Waals surface area (Å²) >= 11 is 4.32. The van der Waals surface area contributed by atoms with Gasteiger partial charge in [0.1, 0.15) is 17.0 Å². The van der Waals surface area contributed by atoms with Crippen molar-refractivity contribution < 1.29 is 19.1 Å². The second-order valence-electron chi connectivity index (χ2n) is 5.06. The van der Waals surface area contributed by atoms with E-state index in [0.717, 1.165) is 11.3 Å². The zero-order valence-corrected chi connectivity index (χ0v) is 14.2. The van der Waals surface area contributed by atoms with E-state index in [1.165, 1.54) is 0 Å². The zero-order chi connectivity index (χ0) is 16.2. The molecule has 1 aromatic heterocycles. The van der Waals surface area contributed by atoms with Crippen LogP contribution in [-0.2, 0) is 9.53 Å². The number of carbonyl (C=O) groups is 3. The van der Waals surface area contributed by atoms with Crippen molar-refractivity contribution in [2.24, 2.45) is 5.73 Å². The van der Waals surface area contributed by atoms with Gasteiger partial charge in [-0.3, -0.25) is 9.59 Å². The highest BCUT2D eigenvalue weighted by atomic mass is 79.9. The number of halogens is 1. The molecule has 0 atom stereocenters. The lowest BCUT2D eigenvalue weighted by molar-refractivity contribution is -0.115. The van der Waals surface area contributed by atoms with Crippen molar-refractivity contribution in [1.82, 2.24) is 5.32 Å². The molecular formula is C12H16BrN3O4S. The molecule has 9 heteroatoms. The van der Waals surface area contributed by atoms with Crippen molar-refractivity contribution in [3.05, 3.63) is 14.7 Å². The van der Waals surface area contributed by atoms with Crippen LogP contribution in [0.3, 0.4) is 0 Å². The largest absolute Gasteiger partial charge is 0.444 e. The van der Waals surface area contributed by atoms with E-state index in [-0.39, 0.29) is 11.4 Å². The molecule has 1 aromatic rings. The van der Waals surface area contributed by atoms with E-state index in [0.29, 0.717) is 9.47 Å². The topological polar surface area (TPSA) is 111 Å². The minimum absolute atomic E-state index is 0.229. The fourth-order valence-corrected chi connectivity index (χ4v) is 2.70. The van der Waals surface area contributed by atoms with Crippen LogP contribution in [0.2, 0.25) is 0 Å².